The monoisotopic (exact) mass is 212 g/mol. The number of benzene rings is 1. The Balaban J connectivity index is 2.69. The van der Waals surface area contributed by atoms with Gasteiger partial charge in [0, 0.05) is 0 Å². The average molecular weight is 211 g/mol. The molecule has 0 unspecified atom stereocenters. The topological polar surface area (TPSA) is 34.1 Å². The van der Waals surface area contributed by atoms with E-state index < -0.39 is 15.0 Å². The van der Waals surface area contributed by atoms with E-state index in [4.69, 9.17) is 0 Å². The number of hydrogen-bond acceptors (Lipinski definition) is 2. The van der Waals surface area contributed by atoms with Crippen LogP contribution in [0.2, 0.25) is 0 Å². The van der Waals surface area contributed by atoms with Crippen LogP contribution in [0.5, 0.6) is 0 Å². The predicted octanol–water partition coefficient (Wildman–Crippen LogP) is 0.685. The van der Waals surface area contributed by atoms with E-state index >= 15 is 0 Å². The second-order valence-corrected chi connectivity index (χ2v) is 4.21. The van der Waals surface area contributed by atoms with E-state index in [0.29, 0.717) is 11.1 Å². The molecule has 0 aromatic heterocycles. The zero-order chi connectivity index (χ0) is 7.84. The van der Waals surface area contributed by atoms with Crippen LogP contribution in [0.1, 0.15) is 20.7 Å². The molecule has 1 heterocycles. The number of carbonyl (C=O) groups is 2. The normalized spacial score (nSPS) is 15.3. The molecule has 0 radical (unpaired) electrons. The fourth-order valence-electron chi connectivity index (χ4n) is 1.03. The number of carbonyl (C=O) groups excluding carboxylic acids is 2. The Morgan fingerprint density at radius 1 is 0.909 bits per heavy atom. The molecule has 1 aliphatic rings. The summed E-state index contributed by atoms with van der Waals surface area (Å²) in [6, 6.07) is 6.99. The van der Waals surface area contributed by atoms with Crippen molar-refractivity contribution in [3.63, 3.8) is 0 Å². The summed E-state index contributed by atoms with van der Waals surface area (Å²) in [6.07, 6.45) is 0. The van der Waals surface area contributed by atoms with Crippen molar-refractivity contribution in [1.82, 2.24) is 0 Å². The summed E-state index contributed by atoms with van der Waals surface area (Å²) in [5.74, 6) is 0. The standard InChI is InChI=1S/C8H4O2Se/c9-7-5-3-1-2-4-6(5)8(10)11-7/h1-4H. The van der Waals surface area contributed by atoms with Crippen LogP contribution in [-0.4, -0.2) is 24.3 Å². The molecule has 1 aliphatic heterocycles. The van der Waals surface area contributed by atoms with Crippen LogP contribution < -0.4 is 0 Å². The molecule has 0 aliphatic carbocycles. The molecule has 1 aromatic rings. The fourth-order valence-corrected chi connectivity index (χ4v) is 2.59. The molecule has 54 valence electrons. The zero-order valence-electron chi connectivity index (χ0n) is 5.53. The molecule has 0 spiro atoms. The fraction of sp³-hybridized carbons (Fsp3) is 0. The van der Waals surface area contributed by atoms with Gasteiger partial charge in [-0.2, -0.15) is 0 Å². The first-order valence-electron chi connectivity index (χ1n) is 3.14. The van der Waals surface area contributed by atoms with Gasteiger partial charge in [0.2, 0.25) is 0 Å². The number of rotatable bonds is 0. The van der Waals surface area contributed by atoms with E-state index in [1.807, 2.05) is 0 Å². The van der Waals surface area contributed by atoms with Gasteiger partial charge in [-0.25, -0.2) is 0 Å². The van der Waals surface area contributed by atoms with Crippen LogP contribution in [0.15, 0.2) is 24.3 Å². The summed E-state index contributed by atoms with van der Waals surface area (Å²) in [4.78, 5) is 22.2. The van der Waals surface area contributed by atoms with Crippen LogP contribution in [0.4, 0.5) is 0 Å². The quantitative estimate of drug-likeness (QED) is 0.591. The number of hydrogen-bond donors (Lipinski definition) is 0. The Bertz CT molecular complexity index is 311. The van der Waals surface area contributed by atoms with Gasteiger partial charge >= 0.3 is 69.3 Å². The van der Waals surface area contributed by atoms with Gasteiger partial charge < -0.3 is 0 Å². The summed E-state index contributed by atoms with van der Waals surface area (Å²) < 4.78 is 0.0243. The Labute approximate surface area is 69.8 Å². The van der Waals surface area contributed by atoms with Crippen LogP contribution >= 0.6 is 0 Å². The summed E-state index contributed by atoms with van der Waals surface area (Å²) in [5, 5.41) is 0. The first-order valence-corrected chi connectivity index (χ1v) is 4.86. The minimum absolute atomic E-state index is 0.0121. The molecule has 1 aromatic carbocycles. The predicted molar refractivity (Wildman–Crippen MR) is 40.9 cm³/mol. The van der Waals surface area contributed by atoms with Crippen molar-refractivity contribution in [2.75, 3.05) is 0 Å². The van der Waals surface area contributed by atoms with Gasteiger partial charge in [-0.15, -0.1) is 0 Å². The van der Waals surface area contributed by atoms with Crippen LogP contribution in [0.25, 0.3) is 0 Å². The first kappa shape index (κ1) is 6.77. The molecular weight excluding hydrogens is 207 g/mol. The van der Waals surface area contributed by atoms with Crippen molar-refractivity contribution in [1.29, 1.82) is 0 Å². The average Bonchev–Trinajstić information content (AvgIpc) is 2.30. The van der Waals surface area contributed by atoms with Gasteiger partial charge in [-0.3, -0.25) is 0 Å². The molecule has 11 heavy (non-hydrogen) atoms. The maximum atomic E-state index is 11.1. The van der Waals surface area contributed by atoms with E-state index in [-0.39, 0.29) is 9.36 Å². The number of fused-ring (bicyclic) bond motifs is 1. The molecular formula is C8H4O2Se. The third-order valence-corrected chi connectivity index (χ3v) is 3.25. The van der Waals surface area contributed by atoms with Gasteiger partial charge in [-0.05, 0) is 0 Å². The summed E-state index contributed by atoms with van der Waals surface area (Å²) in [5.41, 5.74) is 1.22. The van der Waals surface area contributed by atoms with Crippen LogP contribution in [0.3, 0.4) is 0 Å². The summed E-state index contributed by atoms with van der Waals surface area (Å²) in [6.45, 7) is 0. The van der Waals surface area contributed by atoms with E-state index in [2.05, 4.69) is 0 Å². The van der Waals surface area contributed by atoms with Gasteiger partial charge in [-0.1, -0.05) is 0 Å². The molecule has 3 heteroatoms. The SMILES string of the molecule is O=C1[Se]C(=O)c2ccccc21. The molecule has 0 amide bonds. The van der Waals surface area contributed by atoms with E-state index in [1.165, 1.54) is 0 Å². The van der Waals surface area contributed by atoms with Crippen molar-refractivity contribution in [2.45, 2.75) is 0 Å². The van der Waals surface area contributed by atoms with Crippen molar-refractivity contribution < 1.29 is 9.59 Å². The van der Waals surface area contributed by atoms with Gasteiger partial charge in [0.1, 0.15) is 0 Å². The van der Waals surface area contributed by atoms with Crippen molar-refractivity contribution >= 4 is 24.3 Å². The van der Waals surface area contributed by atoms with Crippen LogP contribution in [-0.2, 0) is 0 Å². The van der Waals surface area contributed by atoms with E-state index in [9.17, 15) is 9.59 Å². The van der Waals surface area contributed by atoms with E-state index in [1.54, 1.807) is 24.3 Å². The van der Waals surface area contributed by atoms with Gasteiger partial charge in [0.05, 0.1) is 0 Å². The molecule has 2 nitrogen and oxygen atoms in total. The summed E-state index contributed by atoms with van der Waals surface area (Å²) >= 11 is -0.482. The maximum absolute atomic E-state index is 11.1. The Morgan fingerprint density at radius 3 is 1.82 bits per heavy atom. The Hall–Kier alpha value is -0.921. The Kier molecular flexibility index (Phi) is 1.41. The molecule has 0 saturated carbocycles. The van der Waals surface area contributed by atoms with Crippen molar-refractivity contribution in [3.05, 3.63) is 35.4 Å². The van der Waals surface area contributed by atoms with Crippen LogP contribution in [0, 0.1) is 0 Å². The molecule has 2 rings (SSSR count). The molecule has 0 saturated heterocycles. The van der Waals surface area contributed by atoms with Gasteiger partial charge in [0.25, 0.3) is 0 Å². The molecule has 0 N–H and O–H groups in total. The second-order valence-electron chi connectivity index (χ2n) is 2.22. The summed E-state index contributed by atoms with van der Waals surface area (Å²) in [7, 11) is 0. The molecule has 0 atom stereocenters. The second kappa shape index (κ2) is 2.29. The zero-order valence-corrected chi connectivity index (χ0v) is 7.25. The van der Waals surface area contributed by atoms with Crippen molar-refractivity contribution in [3.8, 4) is 0 Å². The Morgan fingerprint density at radius 2 is 1.36 bits per heavy atom. The molecule has 0 bridgehead atoms. The first-order chi connectivity index (χ1) is 5.29. The van der Waals surface area contributed by atoms with Crippen molar-refractivity contribution in [2.24, 2.45) is 0 Å². The van der Waals surface area contributed by atoms with Gasteiger partial charge in [0.15, 0.2) is 0 Å². The minimum atomic E-state index is -0.482. The van der Waals surface area contributed by atoms with E-state index in [0.717, 1.165) is 0 Å². The molecule has 0 fully saturated rings. The third kappa shape index (κ3) is 0.933. The third-order valence-electron chi connectivity index (χ3n) is 1.55.